The van der Waals surface area contributed by atoms with Crippen molar-refractivity contribution in [2.24, 2.45) is 0 Å². The third-order valence-corrected chi connectivity index (χ3v) is 4.69. The molecule has 0 bridgehead atoms. The Hall–Kier alpha value is -2.18. The van der Waals surface area contributed by atoms with Crippen molar-refractivity contribution in [3.05, 3.63) is 57.3 Å². The van der Waals surface area contributed by atoms with Crippen molar-refractivity contribution in [2.45, 2.75) is 38.8 Å². The Bertz CT molecular complexity index is 788. The molecule has 1 aromatic carbocycles. The number of para-hydroxylation sites is 1. The zero-order valence-corrected chi connectivity index (χ0v) is 14.8. The van der Waals surface area contributed by atoms with E-state index in [1.165, 1.54) is 0 Å². The van der Waals surface area contributed by atoms with E-state index in [1.54, 1.807) is 7.11 Å². The predicted octanol–water partition coefficient (Wildman–Crippen LogP) is 1.50. The lowest BCUT2D eigenvalue weighted by Gasteiger charge is -2.29. The van der Waals surface area contributed by atoms with Crippen LogP contribution in [0.2, 0.25) is 0 Å². The normalized spacial score (nSPS) is 15.6. The molecular weight excluding hydrogens is 318 g/mol. The summed E-state index contributed by atoms with van der Waals surface area (Å²) in [6.07, 6.45) is 1.63. The molecule has 0 spiro atoms. The summed E-state index contributed by atoms with van der Waals surface area (Å²) in [6.45, 7) is 3.91. The van der Waals surface area contributed by atoms with Crippen molar-refractivity contribution in [3.8, 4) is 5.75 Å². The van der Waals surface area contributed by atoms with Crippen LogP contribution < -0.4 is 10.3 Å². The van der Waals surface area contributed by atoms with Crippen LogP contribution in [0, 0.1) is 0 Å². The van der Waals surface area contributed by atoms with Crippen LogP contribution in [0.4, 0.5) is 0 Å². The molecule has 6 heteroatoms. The number of rotatable bonds is 6. The third kappa shape index (κ3) is 4.08. The minimum absolute atomic E-state index is 0.0782. The standard InChI is InChI=1S/C19H25N3O3/c1-3-14(23)11-22-9-8-16-15(12-22)19(24)21-18(20-16)10-13-6-4-5-7-17(13)25-2/h4-7,14,23H,3,8-12H2,1-2H3,(H,20,21,24). The molecule has 25 heavy (non-hydrogen) atoms. The summed E-state index contributed by atoms with van der Waals surface area (Å²) >= 11 is 0. The largest absolute Gasteiger partial charge is 0.496 e. The second-order valence-electron chi connectivity index (χ2n) is 6.47. The van der Waals surface area contributed by atoms with Crippen molar-refractivity contribution in [1.82, 2.24) is 14.9 Å². The van der Waals surface area contributed by atoms with E-state index in [-0.39, 0.29) is 11.7 Å². The highest BCUT2D eigenvalue weighted by Crippen LogP contribution is 2.20. The van der Waals surface area contributed by atoms with Gasteiger partial charge >= 0.3 is 0 Å². The summed E-state index contributed by atoms with van der Waals surface area (Å²) < 4.78 is 5.37. The fourth-order valence-corrected chi connectivity index (χ4v) is 3.23. The van der Waals surface area contributed by atoms with E-state index >= 15 is 0 Å². The predicted molar refractivity (Wildman–Crippen MR) is 95.9 cm³/mol. The van der Waals surface area contributed by atoms with Gasteiger partial charge in [0, 0.05) is 38.0 Å². The molecule has 6 nitrogen and oxygen atoms in total. The summed E-state index contributed by atoms with van der Waals surface area (Å²) in [7, 11) is 1.64. The first kappa shape index (κ1) is 17.6. The molecule has 134 valence electrons. The Morgan fingerprint density at radius 3 is 2.96 bits per heavy atom. The Morgan fingerprint density at radius 2 is 2.20 bits per heavy atom. The van der Waals surface area contributed by atoms with Gasteiger partial charge in [0.15, 0.2) is 0 Å². The van der Waals surface area contributed by atoms with Gasteiger partial charge < -0.3 is 14.8 Å². The molecule has 0 fully saturated rings. The van der Waals surface area contributed by atoms with Gasteiger partial charge in [-0.3, -0.25) is 9.69 Å². The molecule has 0 aliphatic carbocycles. The lowest BCUT2D eigenvalue weighted by atomic mass is 10.1. The van der Waals surface area contributed by atoms with Gasteiger partial charge in [-0.05, 0) is 12.5 Å². The Kier molecular flexibility index (Phi) is 5.50. The maximum atomic E-state index is 12.5. The van der Waals surface area contributed by atoms with Crippen molar-refractivity contribution in [2.75, 3.05) is 20.2 Å². The molecule has 0 amide bonds. The van der Waals surface area contributed by atoms with Gasteiger partial charge in [0.1, 0.15) is 11.6 Å². The maximum absolute atomic E-state index is 12.5. The van der Waals surface area contributed by atoms with Crippen LogP contribution in [-0.4, -0.2) is 46.3 Å². The zero-order chi connectivity index (χ0) is 17.8. The highest BCUT2D eigenvalue weighted by molar-refractivity contribution is 5.35. The van der Waals surface area contributed by atoms with Gasteiger partial charge in [0.05, 0.1) is 24.5 Å². The number of ether oxygens (including phenoxy) is 1. The molecule has 0 saturated heterocycles. The van der Waals surface area contributed by atoms with E-state index in [0.717, 1.165) is 42.0 Å². The number of β-amino-alcohol motifs (C(OH)–C–C–N with tert-alkyl or cyclic N) is 1. The van der Waals surface area contributed by atoms with Crippen LogP contribution in [0.3, 0.4) is 0 Å². The topological polar surface area (TPSA) is 78.5 Å². The molecule has 3 rings (SSSR count). The number of hydrogen-bond donors (Lipinski definition) is 2. The average molecular weight is 343 g/mol. The van der Waals surface area contributed by atoms with E-state index in [0.29, 0.717) is 25.3 Å². The van der Waals surface area contributed by atoms with Crippen LogP contribution in [0.5, 0.6) is 5.75 Å². The third-order valence-electron chi connectivity index (χ3n) is 4.69. The van der Waals surface area contributed by atoms with E-state index in [1.807, 2.05) is 31.2 Å². The molecule has 2 N–H and O–H groups in total. The summed E-state index contributed by atoms with van der Waals surface area (Å²) in [5.41, 5.74) is 2.51. The van der Waals surface area contributed by atoms with Crippen molar-refractivity contribution < 1.29 is 9.84 Å². The quantitative estimate of drug-likeness (QED) is 0.831. The Morgan fingerprint density at radius 1 is 1.40 bits per heavy atom. The van der Waals surface area contributed by atoms with Crippen LogP contribution in [-0.2, 0) is 19.4 Å². The summed E-state index contributed by atoms with van der Waals surface area (Å²) in [5, 5.41) is 9.83. The molecule has 2 aromatic rings. The Balaban J connectivity index is 1.80. The number of fused-ring (bicyclic) bond motifs is 1. The molecule has 1 aliphatic rings. The van der Waals surface area contributed by atoms with E-state index in [4.69, 9.17) is 4.74 Å². The second kappa shape index (κ2) is 7.80. The van der Waals surface area contributed by atoms with Crippen LogP contribution >= 0.6 is 0 Å². The number of methoxy groups -OCH3 is 1. The van der Waals surface area contributed by atoms with Crippen LogP contribution in [0.15, 0.2) is 29.1 Å². The fraction of sp³-hybridized carbons (Fsp3) is 0.474. The van der Waals surface area contributed by atoms with Gasteiger partial charge in [0.2, 0.25) is 0 Å². The number of H-pyrrole nitrogens is 1. The number of benzene rings is 1. The minimum Gasteiger partial charge on any atom is -0.496 e. The highest BCUT2D eigenvalue weighted by Gasteiger charge is 2.22. The van der Waals surface area contributed by atoms with Crippen molar-refractivity contribution in [1.29, 1.82) is 0 Å². The summed E-state index contributed by atoms with van der Waals surface area (Å²) in [5.74, 6) is 1.46. The number of nitrogens with one attached hydrogen (secondary N) is 1. The Labute approximate surface area is 147 Å². The molecule has 0 radical (unpaired) electrons. The minimum atomic E-state index is -0.349. The molecule has 1 unspecified atom stereocenters. The summed E-state index contributed by atoms with van der Waals surface area (Å²) in [6, 6.07) is 7.75. The maximum Gasteiger partial charge on any atom is 0.255 e. The average Bonchev–Trinajstić information content (AvgIpc) is 2.62. The van der Waals surface area contributed by atoms with E-state index in [9.17, 15) is 9.90 Å². The SMILES string of the molecule is CCC(O)CN1CCc2nc(Cc3ccccc3OC)[nH]c(=O)c2C1. The lowest BCUT2D eigenvalue weighted by molar-refractivity contribution is 0.102. The number of aromatic nitrogens is 2. The van der Waals surface area contributed by atoms with Crippen molar-refractivity contribution >= 4 is 0 Å². The number of aliphatic hydroxyl groups excluding tert-OH is 1. The second-order valence-corrected chi connectivity index (χ2v) is 6.47. The van der Waals surface area contributed by atoms with E-state index in [2.05, 4.69) is 14.9 Å². The summed E-state index contributed by atoms with van der Waals surface area (Å²) in [4.78, 5) is 22.2. The molecule has 0 saturated carbocycles. The molecular formula is C19H25N3O3. The fourth-order valence-electron chi connectivity index (χ4n) is 3.23. The van der Waals surface area contributed by atoms with Gasteiger partial charge in [-0.1, -0.05) is 25.1 Å². The number of nitrogens with zero attached hydrogens (tertiary/aromatic N) is 2. The van der Waals surface area contributed by atoms with Crippen LogP contribution in [0.1, 0.15) is 36.0 Å². The van der Waals surface area contributed by atoms with Gasteiger partial charge in [-0.15, -0.1) is 0 Å². The van der Waals surface area contributed by atoms with Gasteiger partial charge in [0.25, 0.3) is 5.56 Å². The smallest absolute Gasteiger partial charge is 0.255 e. The van der Waals surface area contributed by atoms with Crippen LogP contribution in [0.25, 0.3) is 0 Å². The first-order valence-electron chi connectivity index (χ1n) is 8.74. The lowest BCUT2D eigenvalue weighted by Crippen LogP contribution is -2.40. The molecule has 1 atom stereocenters. The van der Waals surface area contributed by atoms with Gasteiger partial charge in [-0.2, -0.15) is 0 Å². The first-order valence-corrected chi connectivity index (χ1v) is 8.74. The van der Waals surface area contributed by atoms with E-state index < -0.39 is 0 Å². The number of aromatic amines is 1. The molecule has 1 aromatic heterocycles. The number of aliphatic hydroxyl groups is 1. The number of hydrogen-bond acceptors (Lipinski definition) is 5. The first-order chi connectivity index (χ1) is 12.1. The van der Waals surface area contributed by atoms with Gasteiger partial charge in [-0.25, -0.2) is 4.98 Å². The van der Waals surface area contributed by atoms with Crippen molar-refractivity contribution in [3.63, 3.8) is 0 Å². The zero-order valence-electron chi connectivity index (χ0n) is 14.8. The molecule has 1 aliphatic heterocycles. The monoisotopic (exact) mass is 343 g/mol. The highest BCUT2D eigenvalue weighted by atomic mass is 16.5. The molecule has 2 heterocycles.